The van der Waals surface area contributed by atoms with E-state index in [-0.39, 0.29) is 11.9 Å². The molecule has 1 aromatic carbocycles. The smallest absolute Gasteiger partial charge is 0.251 e. The van der Waals surface area contributed by atoms with Crippen LogP contribution in [0.25, 0.3) is 0 Å². The summed E-state index contributed by atoms with van der Waals surface area (Å²) in [6.45, 7) is 6.10. The van der Waals surface area contributed by atoms with Crippen LogP contribution in [-0.4, -0.2) is 23.5 Å². The highest BCUT2D eigenvalue weighted by atomic mass is 32.2. The lowest BCUT2D eigenvalue weighted by Crippen LogP contribution is -2.33. The molecule has 1 amide bonds. The van der Waals surface area contributed by atoms with Crippen LogP contribution < -0.4 is 11.1 Å². The molecule has 1 aromatic rings. The van der Waals surface area contributed by atoms with Crippen molar-refractivity contribution in [2.75, 3.05) is 17.2 Å². The van der Waals surface area contributed by atoms with Gasteiger partial charge < -0.3 is 11.1 Å². The molecule has 0 saturated carbocycles. The van der Waals surface area contributed by atoms with Gasteiger partial charge in [-0.15, -0.1) is 0 Å². The van der Waals surface area contributed by atoms with E-state index >= 15 is 0 Å². The highest BCUT2D eigenvalue weighted by Crippen LogP contribution is 2.13. The van der Waals surface area contributed by atoms with Gasteiger partial charge in [0.2, 0.25) is 0 Å². The number of rotatable bonds is 6. The number of aryl methyl sites for hydroxylation is 1. The molecule has 0 radical (unpaired) electrons. The van der Waals surface area contributed by atoms with Gasteiger partial charge in [0.05, 0.1) is 0 Å². The number of carbonyl (C=O) groups is 1. The first-order valence-electron chi connectivity index (χ1n) is 6.29. The Labute approximate surface area is 114 Å². The maximum atomic E-state index is 12.1. The molecule has 3 nitrogen and oxygen atoms in total. The predicted molar refractivity (Wildman–Crippen MR) is 80.1 cm³/mol. The third-order valence-corrected chi connectivity index (χ3v) is 3.72. The van der Waals surface area contributed by atoms with Gasteiger partial charge >= 0.3 is 0 Å². The molecule has 0 aliphatic carbocycles. The molecule has 1 atom stereocenters. The van der Waals surface area contributed by atoms with Gasteiger partial charge in [0.15, 0.2) is 0 Å². The summed E-state index contributed by atoms with van der Waals surface area (Å²) in [5, 5.41) is 3.02. The summed E-state index contributed by atoms with van der Waals surface area (Å²) in [5.41, 5.74) is 7.96. The summed E-state index contributed by atoms with van der Waals surface area (Å²) in [5.74, 6) is 2.16. The van der Waals surface area contributed by atoms with Gasteiger partial charge in [0.1, 0.15) is 0 Å². The van der Waals surface area contributed by atoms with Gasteiger partial charge in [0, 0.05) is 17.3 Å². The molecule has 0 aliphatic heterocycles. The lowest BCUT2D eigenvalue weighted by atomic mass is 10.1. The number of hydrogen-bond donors (Lipinski definition) is 2. The number of nitrogen functional groups attached to an aromatic ring is 1. The first kappa shape index (κ1) is 14.9. The Kier molecular flexibility index (Phi) is 6.05. The largest absolute Gasteiger partial charge is 0.399 e. The molecular formula is C14H22N2OS. The quantitative estimate of drug-likeness (QED) is 0.615. The normalized spacial score (nSPS) is 12.2. The third-order valence-electron chi connectivity index (χ3n) is 2.78. The van der Waals surface area contributed by atoms with Crippen molar-refractivity contribution in [3.8, 4) is 0 Å². The molecule has 18 heavy (non-hydrogen) atoms. The second kappa shape index (κ2) is 7.31. The second-order valence-corrected chi connectivity index (χ2v) is 5.83. The molecule has 0 aliphatic rings. The number of hydrogen-bond acceptors (Lipinski definition) is 3. The standard InChI is InChI=1S/C14H22N2OS/c1-4-18-8-7-11(3)16-14(17)13-9-12(15)6-5-10(13)2/h5-6,9,11H,4,7-8,15H2,1-3H3,(H,16,17). The van der Waals surface area contributed by atoms with E-state index < -0.39 is 0 Å². The molecule has 0 fully saturated rings. The van der Waals surface area contributed by atoms with E-state index in [1.54, 1.807) is 6.07 Å². The molecule has 4 heteroatoms. The highest BCUT2D eigenvalue weighted by Gasteiger charge is 2.12. The van der Waals surface area contributed by atoms with Crippen LogP contribution in [0.4, 0.5) is 5.69 Å². The Hall–Kier alpha value is -1.16. The van der Waals surface area contributed by atoms with E-state index in [1.165, 1.54) is 0 Å². The van der Waals surface area contributed by atoms with Crippen molar-refractivity contribution in [2.45, 2.75) is 33.2 Å². The van der Waals surface area contributed by atoms with Crippen molar-refractivity contribution >= 4 is 23.4 Å². The summed E-state index contributed by atoms with van der Waals surface area (Å²) < 4.78 is 0. The van der Waals surface area contributed by atoms with Gasteiger partial charge in [-0.1, -0.05) is 13.0 Å². The van der Waals surface area contributed by atoms with Gasteiger partial charge in [-0.25, -0.2) is 0 Å². The lowest BCUT2D eigenvalue weighted by Gasteiger charge is -2.14. The van der Waals surface area contributed by atoms with Gasteiger partial charge in [-0.3, -0.25) is 4.79 Å². The molecular weight excluding hydrogens is 244 g/mol. The van der Waals surface area contributed by atoms with Crippen molar-refractivity contribution in [3.05, 3.63) is 29.3 Å². The number of thioether (sulfide) groups is 1. The number of benzene rings is 1. The van der Waals surface area contributed by atoms with Crippen molar-refractivity contribution in [1.82, 2.24) is 5.32 Å². The van der Waals surface area contributed by atoms with Crippen LogP contribution in [0.1, 0.15) is 36.2 Å². The van der Waals surface area contributed by atoms with E-state index in [1.807, 2.05) is 37.7 Å². The summed E-state index contributed by atoms with van der Waals surface area (Å²) in [6.07, 6.45) is 0.992. The first-order chi connectivity index (χ1) is 8.54. The minimum Gasteiger partial charge on any atom is -0.399 e. The molecule has 0 bridgehead atoms. The molecule has 3 N–H and O–H groups in total. The molecule has 1 unspecified atom stereocenters. The number of nitrogens with one attached hydrogen (secondary N) is 1. The maximum Gasteiger partial charge on any atom is 0.251 e. The van der Waals surface area contributed by atoms with Crippen molar-refractivity contribution < 1.29 is 4.79 Å². The van der Waals surface area contributed by atoms with Gasteiger partial charge in [-0.05, 0) is 49.5 Å². The van der Waals surface area contributed by atoms with Crippen LogP contribution in [0.3, 0.4) is 0 Å². The van der Waals surface area contributed by atoms with Gasteiger partial charge in [0.25, 0.3) is 5.91 Å². The van der Waals surface area contributed by atoms with Gasteiger partial charge in [-0.2, -0.15) is 11.8 Å². The number of anilines is 1. The Morgan fingerprint density at radius 3 is 2.89 bits per heavy atom. The van der Waals surface area contributed by atoms with E-state index in [2.05, 4.69) is 12.2 Å². The number of carbonyl (C=O) groups excluding carboxylic acids is 1. The first-order valence-corrected chi connectivity index (χ1v) is 7.44. The minimum atomic E-state index is -0.0335. The molecule has 100 valence electrons. The van der Waals surface area contributed by atoms with E-state index in [0.29, 0.717) is 11.3 Å². The van der Waals surface area contributed by atoms with Crippen LogP contribution in [-0.2, 0) is 0 Å². The molecule has 0 spiro atoms. The Morgan fingerprint density at radius 1 is 1.50 bits per heavy atom. The van der Waals surface area contributed by atoms with Crippen LogP contribution in [0.2, 0.25) is 0 Å². The molecule has 0 saturated heterocycles. The summed E-state index contributed by atoms with van der Waals surface area (Å²) >= 11 is 1.89. The van der Waals surface area contributed by atoms with Crippen LogP contribution >= 0.6 is 11.8 Å². The SMILES string of the molecule is CCSCCC(C)NC(=O)c1cc(N)ccc1C. The second-order valence-electron chi connectivity index (χ2n) is 4.43. The van der Waals surface area contributed by atoms with E-state index in [9.17, 15) is 4.79 Å². The Balaban J connectivity index is 2.56. The lowest BCUT2D eigenvalue weighted by molar-refractivity contribution is 0.0939. The fourth-order valence-corrected chi connectivity index (χ4v) is 2.47. The summed E-state index contributed by atoms with van der Waals surface area (Å²) in [4.78, 5) is 12.1. The zero-order chi connectivity index (χ0) is 13.5. The monoisotopic (exact) mass is 266 g/mol. The minimum absolute atomic E-state index is 0.0335. The van der Waals surface area contributed by atoms with Crippen LogP contribution in [0.5, 0.6) is 0 Å². The average Bonchev–Trinajstić information content (AvgIpc) is 2.32. The molecule has 1 rings (SSSR count). The summed E-state index contributed by atoms with van der Waals surface area (Å²) in [6, 6.07) is 5.62. The van der Waals surface area contributed by atoms with Crippen LogP contribution in [0.15, 0.2) is 18.2 Å². The Morgan fingerprint density at radius 2 is 2.22 bits per heavy atom. The number of amides is 1. The van der Waals surface area contributed by atoms with E-state index in [4.69, 9.17) is 5.73 Å². The van der Waals surface area contributed by atoms with Crippen LogP contribution in [0, 0.1) is 6.92 Å². The summed E-state index contributed by atoms with van der Waals surface area (Å²) in [7, 11) is 0. The average molecular weight is 266 g/mol. The zero-order valence-electron chi connectivity index (χ0n) is 11.3. The molecule has 0 aromatic heterocycles. The maximum absolute atomic E-state index is 12.1. The van der Waals surface area contributed by atoms with E-state index in [0.717, 1.165) is 23.5 Å². The van der Waals surface area contributed by atoms with Crippen molar-refractivity contribution in [1.29, 1.82) is 0 Å². The number of nitrogens with two attached hydrogens (primary N) is 1. The van der Waals surface area contributed by atoms with Crippen molar-refractivity contribution in [2.24, 2.45) is 0 Å². The fraction of sp³-hybridized carbons (Fsp3) is 0.500. The predicted octanol–water partition coefficient (Wildman–Crippen LogP) is 2.84. The van der Waals surface area contributed by atoms with Crippen molar-refractivity contribution in [3.63, 3.8) is 0 Å². The highest BCUT2D eigenvalue weighted by molar-refractivity contribution is 7.99. The topological polar surface area (TPSA) is 55.1 Å². The third kappa shape index (κ3) is 4.61. The zero-order valence-corrected chi connectivity index (χ0v) is 12.1. The fourth-order valence-electron chi connectivity index (χ4n) is 1.66. The molecule has 0 heterocycles. The Bertz CT molecular complexity index is 407.